The van der Waals surface area contributed by atoms with Gasteiger partial charge in [0.1, 0.15) is 11.8 Å². The molecule has 3 rings (SSSR count). The van der Waals surface area contributed by atoms with E-state index in [4.69, 9.17) is 9.47 Å². The highest BCUT2D eigenvalue weighted by Crippen LogP contribution is 2.31. The summed E-state index contributed by atoms with van der Waals surface area (Å²) in [5.74, 6) is 0.861. The molecule has 2 unspecified atom stereocenters. The SMILES string of the molecule is C=Cc1ccc(C(CCc2ccc(C(F)(F)F)cc2)N[C@H](C(=O)NCCOC)C2=CCC(C)C=C2)cc1OC. The van der Waals surface area contributed by atoms with Gasteiger partial charge in [-0.25, -0.2) is 0 Å². The van der Waals surface area contributed by atoms with Gasteiger partial charge in [-0.2, -0.15) is 13.2 Å². The van der Waals surface area contributed by atoms with Gasteiger partial charge in [0.05, 0.1) is 19.3 Å². The second-order valence-corrected chi connectivity index (χ2v) is 9.65. The van der Waals surface area contributed by atoms with E-state index in [9.17, 15) is 18.0 Å². The number of benzene rings is 2. The molecule has 1 aliphatic rings. The van der Waals surface area contributed by atoms with Gasteiger partial charge in [-0.15, -0.1) is 0 Å². The molecule has 0 aliphatic heterocycles. The normalized spacial score (nSPS) is 16.8. The van der Waals surface area contributed by atoms with E-state index < -0.39 is 17.8 Å². The van der Waals surface area contributed by atoms with Gasteiger partial charge in [0.25, 0.3) is 0 Å². The van der Waals surface area contributed by atoms with E-state index in [2.05, 4.69) is 36.3 Å². The molecule has 3 atom stereocenters. The molecule has 0 bridgehead atoms. The molecule has 1 aliphatic carbocycles. The molecule has 8 heteroatoms. The third-order valence-electron chi connectivity index (χ3n) is 6.79. The third kappa shape index (κ3) is 8.57. The summed E-state index contributed by atoms with van der Waals surface area (Å²) in [5.41, 5.74) is 2.70. The number of rotatable bonds is 13. The van der Waals surface area contributed by atoms with Crippen LogP contribution in [0.25, 0.3) is 6.08 Å². The molecular weight excluding hydrogens is 505 g/mol. The van der Waals surface area contributed by atoms with Crippen LogP contribution in [0.15, 0.2) is 72.8 Å². The van der Waals surface area contributed by atoms with Crippen molar-refractivity contribution in [1.29, 1.82) is 0 Å². The van der Waals surface area contributed by atoms with E-state index in [-0.39, 0.29) is 11.9 Å². The topological polar surface area (TPSA) is 59.6 Å². The maximum Gasteiger partial charge on any atom is 0.416 e. The van der Waals surface area contributed by atoms with Crippen molar-refractivity contribution in [2.45, 2.75) is 44.4 Å². The van der Waals surface area contributed by atoms with Gasteiger partial charge in [0, 0.05) is 25.3 Å². The van der Waals surface area contributed by atoms with Crippen LogP contribution in [0.2, 0.25) is 0 Å². The van der Waals surface area contributed by atoms with Crippen LogP contribution in [0.1, 0.15) is 48.1 Å². The summed E-state index contributed by atoms with van der Waals surface area (Å²) < 4.78 is 49.8. The molecule has 210 valence electrons. The maximum absolute atomic E-state index is 13.3. The highest BCUT2D eigenvalue weighted by atomic mass is 19.4. The first-order valence-electron chi connectivity index (χ1n) is 13.0. The molecule has 0 saturated heterocycles. The minimum absolute atomic E-state index is 0.174. The van der Waals surface area contributed by atoms with Crippen molar-refractivity contribution in [1.82, 2.24) is 10.6 Å². The number of carbonyl (C=O) groups is 1. The van der Waals surface area contributed by atoms with Crippen molar-refractivity contribution in [3.8, 4) is 5.75 Å². The van der Waals surface area contributed by atoms with Gasteiger partial charge in [0.2, 0.25) is 5.91 Å². The van der Waals surface area contributed by atoms with E-state index in [0.29, 0.717) is 37.7 Å². The molecule has 2 aromatic rings. The summed E-state index contributed by atoms with van der Waals surface area (Å²) in [7, 11) is 3.16. The van der Waals surface area contributed by atoms with E-state index in [1.54, 1.807) is 20.3 Å². The van der Waals surface area contributed by atoms with Crippen molar-refractivity contribution >= 4 is 12.0 Å². The molecule has 0 radical (unpaired) electrons. The van der Waals surface area contributed by atoms with Crippen LogP contribution in [0.3, 0.4) is 0 Å². The van der Waals surface area contributed by atoms with E-state index in [1.165, 1.54) is 12.1 Å². The fraction of sp³-hybridized carbons (Fsp3) is 0.387. The van der Waals surface area contributed by atoms with Crippen LogP contribution in [0.5, 0.6) is 5.75 Å². The first-order chi connectivity index (χ1) is 18.7. The number of aryl methyl sites for hydroxylation is 1. The van der Waals surface area contributed by atoms with Crippen LogP contribution >= 0.6 is 0 Å². The highest BCUT2D eigenvalue weighted by Gasteiger charge is 2.30. The molecule has 1 amide bonds. The first-order valence-corrected chi connectivity index (χ1v) is 13.0. The van der Waals surface area contributed by atoms with Crippen molar-refractivity contribution < 1.29 is 27.4 Å². The Labute approximate surface area is 228 Å². The third-order valence-corrected chi connectivity index (χ3v) is 6.79. The minimum Gasteiger partial charge on any atom is -0.496 e. The van der Waals surface area contributed by atoms with E-state index in [0.717, 1.165) is 40.8 Å². The van der Waals surface area contributed by atoms with Crippen LogP contribution < -0.4 is 15.4 Å². The number of amides is 1. The minimum atomic E-state index is -4.38. The smallest absolute Gasteiger partial charge is 0.416 e. The second kappa shape index (κ2) is 14.1. The lowest BCUT2D eigenvalue weighted by Gasteiger charge is -2.28. The highest BCUT2D eigenvalue weighted by molar-refractivity contribution is 5.86. The summed E-state index contributed by atoms with van der Waals surface area (Å²) in [4.78, 5) is 13.3. The number of hydrogen-bond donors (Lipinski definition) is 2. The fourth-order valence-corrected chi connectivity index (χ4v) is 4.49. The number of alkyl halides is 3. The maximum atomic E-state index is 13.3. The van der Waals surface area contributed by atoms with Crippen LogP contribution in [-0.2, 0) is 22.1 Å². The van der Waals surface area contributed by atoms with Crippen molar-refractivity contribution in [3.63, 3.8) is 0 Å². The van der Waals surface area contributed by atoms with Gasteiger partial charge in [0.15, 0.2) is 0 Å². The number of allylic oxidation sites excluding steroid dienone is 2. The Morgan fingerprint density at radius 2 is 1.92 bits per heavy atom. The zero-order valence-electron chi connectivity index (χ0n) is 22.7. The molecule has 5 nitrogen and oxygen atoms in total. The van der Waals surface area contributed by atoms with E-state index in [1.807, 2.05) is 24.3 Å². The van der Waals surface area contributed by atoms with Crippen molar-refractivity contribution in [2.75, 3.05) is 27.4 Å². The molecule has 0 fully saturated rings. The molecule has 0 saturated carbocycles. The number of methoxy groups -OCH3 is 2. The van der Waals surface area contributed by atoms with Gasteiger partial charge in [-0.3, -0.25) is 10.1 Å². The lowest BCUT2D eigenvalue weighted by atomic mass is 9.91. The fourth-order valence-electron chi connectivity index (χ4n) is 4.49. The Bertz CT molecular complexity index is 1170. The molecular formula is C31H37F3N2O3. The Hall–Kier alpha value is -3.36. The van der Waals surface area contributed by atoms with Crippen LogP contribution in [-0.4, -0.2) is 39.3 Å². The quantitative estimate of drug-likeness (QED) is 0.293. The zero-order valence-corrected chi connectivity index (χ0v) is 22.7. The van der Waals surface area contributed by atoms with Crippen molar-refractivity contribution in [3.05, 3.63) is 95.1 Å². The number of ether oxygens (including phenoxy) is 2. The van der Waals surface area contributed by atoms with Gasteiger partial charge < -0.3 is 14.8 Å². The standard InChI is InChI=1S/C31H37F3N2O3/c1-5-23-13-14-25(20-28(23)39-4)27(17-10-22-8-15-26(16-9-22)31(32,33)34)36-29(30(37)35-18-19-38-3)24-11-6-21(2)7-12-24/h5-6,8-9,11-16,20-21,27,29,36H,1,7,10,17-19H2,2-4H3,(H,35,37)/t21?,27?,29-/m0/s1. The molecule has 39 heavy (non-hydrogen) atoms. The summed E-state index contributed by atoms with van der Waals surface area (Å²) in [5, 5.41) is 6.48. The number of nitrogens with one attached hydrogen (secondary N) is 2. The van der Waals surface area contributed by atoms with Gasteiger partial charge in [-0.05, 0) is 60.1 Å². The summed E-state index contributed by atoms with van der Waals surface area (Å²) in [6, 6.07) is 10.1. The Kier molecular flexibility index (Phi) is 10.9. The second-order valence-electron chi connectivity index (χ2n) is 9.65. The lowest BCUT2D eigenvalue weighted by molar-refractivity contribution is -0.137. The number of halogens is 3. The Morgan fingerprint density at radius 3 is 2.51 bits per heavy atom. The zero-order chi connectivity index (χ0) is 28.4. The number of carbonyl (C=O) groups excluding carboxylic acids is 1. The molecule has 0 aromatic heterocycles. The Morgan fingerprint density at radius 1 is 1.18 bits per heavy atom. The van der Waals surface area contributed by atoms with Crippen LogP contribution in [0.4, 0.5) is 13.2 Å². The summed E-state index contributed by atoms with van der Waals surface area (Å²) in [6.07, 6.45) is 5.34. The average molecular weight is 543 g/mol. The predicted molar refractivity (Wildman–Crippen MR) is 148 cm³/mol. The first kappa shape index (κ1) is 30.2. The Balaban J connectivity index is 1.91. The van der Waals surface area contributed by atoms with E-state index >= 15 is 0 Å². The molecule has 0 spiro atoms. The summed E-state index contributed by atoms with van der Waals surface area (Å²) in [6.45, 7) is 6.72. The van der Waals surface area contributed by atoms with Crippen LogP contribution in [0, 0.1) is 5.92 Å². The predicted octanol–water partition coefficient (Wildman–Crippen LogP) is 6.27. The molecule has 0 heterocycles. The van der Waals surface area contributed by atoms with Gasteiger partial charge in [-0.1, -0.05) is 62.1 Å². The molecule has 2 aromatic carbocycles. The average Bonchev–Trinajstić information content (AvgIpc) is 2.93. The van der Waals surface area contributed by atoms with Crippen molar-refractivity contribution in [2.24, 2.45) is 5.92 Å². The largest absolute Gasteiger partial charge is 0.496 e. The van der Waals surface area contributed by atoms with Gasteiger partial charge >= 0.3 is 6.18 Å². The summed E-state index contributed by atoms with van der Waals surface area (Å²) >= 11 is 0. The lowest BCUT2D eigenvalue weighted by Crippen LogP contribution is -2.47. The number of hydrogen-bond acceptors (Lipinski definition) is 4. The monoisotopic (exact) mass is 542 g/mol. The molecule has 2 N–H and O–H groups in total.